The second kappa shape index (κ2) is 12.1. The number of rotatable bonds is 9. The number of carbonyl (C=O) groups excluding carboxylic acids is 2. The van der Waals surface area contributed by atoms with Crippen LogP contribution in [0.3, 0.4) is 0 Å². The minimum absolute atomic E-state index is 0.0660. The van der Waals surface area contributed by atoms with E-state index in [0.29, 0.717) is 5.56 Å². The summed E-state index contributed by atoms with van der Waals surface area (Å²) in [7, 11) is -2.84. The summed E-state index contributed by atoms with van der Waals surface area (Å²) in [6, 6.07) is 7.89. The number of ether oxygens (including phenoxy) is 1. The third kappa shape index (κ3) is 7.32. The Balaban J connectivity index is 1.74. The summed E-state index contributed by atoms with van der Waals surface area (Å²) < 4.78 is 116. The number of nitrogens with zero attached hydrogens (tertiary/aromatic N) is 3. The summed E-state index contributed by atoms with van der Waals surface area (Å²) in [5.74, 6) is -2.18. The van der Waals surface area contributed by atoms with Gasteiger partial charge >= 0.3 is 18.3 Å². The lowest BCUT2D eigenvalue weighted by molar-refractivity contribution is -0.142. The first-order chi connectivity index (χ1) is 20.4. The molecule has 1 aliphatic heterocycles. The fourth-order valence-electron chi connectivity index (χ4n) is 4.72. The highest BCUT2D eigenvalue weighted by Gasteiger charge is 2.46. The van der Waals surface area contributed by atoms with Crippen molar-refractivity contribution < 1.29 is 53.3 Å². The maximum Gasteiger partial charge on any atom is 0.436 e. The predicted octanol–water partition coefficient (Wildman–Crippen LogP) is 4.74. The lowest BCUT2D eigenvalue weighted by Crippen LogP contribution is -2.31. The monoisotopic (exact) mass is 648 g/mol. The summed E-state index contributed by atoms with van der Waals surface area (Å²) in [5.41, 5.74) is -2.75. The molecule has 0 saturated heterocycles. The lowest BCUT2D eigenvalue weighted by Gasteiger charge is -2.22. The van der Waals surface area contributed by atoms with Crippen LogP contribution in [0.15, 0.2) is 48.5 Å². The van der Waals surface area contributed by atoms with E-state index in [9.17, 15) is 44.3 Å². The zero-order valence-electron chi connectivity index (χ0n) is 23.4. The van der Waals surface area contributed by atoms with Gasteiger partial charge in [-0.15, -0.1) is 0 Å². The number of alkyl halides is 6. The molecule has 1 aromatic heterocycles. The summed E-state index contributed by atoms with van der Waals surface area (Å²) in [4.78, 5) is 26.4. The number of nitrogens with one attached hydrogen (secondary N) is 1. The molecule has 0 aliphatic carbocycles. The number of fused-ring (bicyclic) bond motifs is 1. The van der Waals surface area contributed by atoms with Gasteiger partial charge in [0.15, 0.2) is 5.69 Å². The van der Waals surface area contributed by atoms with Gasteiger partial charge in [0.1, 0.15) is 11.4 Å². The molecule has 0 bridgehead atoms. The largest absolute Gasteiger partial charge is 0.465 e. The predicted molar refractivity (Wildman–Crippen MR) is 143 cm³/mol. The van der Waals surface area contributed by atoms with Crippen molar-refractivity contribution >= 4 is 27.8 Å². The fourth-order valence-corrected chi connectivity index (χ4v) is 5.12. The number of amides is 1. The molecule has 10 nitrogen and oxygen atoms in total. The van der Waals surface area contributed by atoms with E-state index in [4.69, 9.17) is 4.18 Å². The molecule has 44 heavy (non-hydrogen) atoms. The molecule has 0 fully saturated rings. The Morgan fingerprint density at radius 2 is 1.73 bits per heavy atom. The van der Waals surface area contributed by atoms with E-state index in [2.05, 4.69) is 15.2 Å². The smallest absolute Gasteiger partial charge is 0.436 e. The zero-order valence-corrected chi connectivity index (χ0v) is 24.2. The zero-order chi connectivity index (χ0) is 32.6. The molecular weight excluding hydrogens is 622 g/mol. The number of halogens is 6. The normalized spacial score (nSPS) is 16.0. The van der Waals surface area contributed by atoms with Gasteiger partial charge in [-0.2, -0.15) is 39.9 Å². The van der Waals surface area contributed by atoms with Crippen LogP contribution in [0, 0.1) is 0 Å². The Bertz CT molecular complexity index is 1650. The molecule has 0 saturated carbocycles. The van der Waals surface area contributed by atoms with Crippen molar-refractivity contribution in [1.29, 1.82) is 0 Å². The number of anilines is 1. The molecule has 0 unspecified atom stereocenters. The Morgan fingerprint density at radius 1 is 1.07 bits per heavy atom. The topological polar surface area (TPSA) is 120 Å². The third-order valence-corrected chi connectivity index (χ3v) is 7.30. The molecule has 3 aromatic rings. The molecule has 1 aliphatic rings. The van der Waals surface area contributed by atoms with Crippen LogP contribution < -0.4 is 10.2 Å². The van der Waals surface area contributed by atoms with Crippen molar-refractivity contribution in [1.82, 2.24) is 15.1 Å². The van der Waals surface area contributed by atoms with E-state index < -0.39 is 69.9 Å². The van der Waals surface area contributed by atoms with Gasteiger partial charge in [-0.25, -0.2) is 9.48 Å². The highest BCUT2D eigenvalue weighted by atomic mass is 32.2. The number of methoxy groups -OCH3 is 1. The highest BCUT2D eigenvalue weighted by Crippen LogP contribution is 2.42. The van der Waals surface area contributed by atoms with Crippen molar-refractivity contribution in [3.8, 4) is 0 Å². The van der Waals surface area contributed by atoms with Gasteiger partial charge in [-0.1, -0.05) is 24.3 Å². The van der Waals surface area contributed by atoms with Crippen molar-refractivity contribution in [3.63, 3.8) is 0 Å². The minimum atomic E-state index is -5.14. The standard InChI is InChI=1S/C27H26F6N4O6S/c1-15(17-7-9-18(10-8-17)25(39)42-2)34-23(38)21-22(27(31,32)33)35-37-20(14-43-44(3,40)41)13-36(24(21)37)12-16-5-4-6-19(11-16)26(28,29)30/h4-11,15,20H,12-14H2,1-3H3,(H,34,38)/t15-,20-/m0/s1. The summed E-state index contributed by atoms with van der Waals surface area (Å²) in [6.45, 7) is 0.253. The molecule has 2 heterocycles. The first-order valence-corrected chi connectivity index (χ1v) is 14.6. The van der Waals surface area contributed by atoms with E-state index in [-0.39, 0.29) is 30.0 Å². The third-order valence-electron chi connectivity index (χ3n) is 6.74. The van der Waals surface area contributed by atoms with Crippen LogP contribution in [0.25, 0.3) is 0 Å². The van der Waals surface area contributed by atoms with Crippen LogP contribution >= 0.6 is 0 Å². The maximum absolute atomic E-state index is 14.2. The van der Waals surface area contributed by atoms with Crippen LogP contribution in [0.5, 0.6) is 0 Å². The van der Waals surface area contributed by atoms with Crippen molar-refractivity contribution in [2.45, 2.75) is 37.9 Å². The van der Waals surface area contributed by atoms with E-state index in [1.54, 1.807) is 0 Å². The number of hydrogen-bond donors (Lipinski definition) is 1. The molecular formula is C27H26F6N4O6S. The van der Waals surface area contributed by atoms with Gasteiger partial charge < -0.3 is 15.0 Å². The van der Waals surface area contributed by atoms with Gasteiger partial charge in [0.25, 0.3) is 16.0 Å². The van der Waals surface area contributed by atoms with Gasteiger partial charge in [-0.05, 0) is 42.3 Å². The van der Waals surface area contributed by atoms with Gasteiger partial charge in [0, 0.05) is 13.1 Å². The van der Waals surface area contributed by atoms with Crippen LogP contribution in [0.1, 0.15) is 62.1 Å². The first kappa shape index (κ1) is 32.8. The highest BCUT2D eigenvalue weighted by molar-refractivity contribution is 7.85. The van der Waals surface area contributed by atoms with Crippen LogP contribution in [-0.2, 0) is 37.9 Å². The van der Waals surface area contributed by atoms with Crippen LogP contribution in [0.2, 0.25) is 0 Å². The molecule has 2 aromatic carbocycles. The molecule has 17 heteroatoms. The quantitative estimate of drug-likeness (QED) is 0.201. The van der Waals surface area contributed by atoms with Crippen LogP contribution in [0.4, 0.5) is 32.2 Å². The number of hydrogen-bond acceptors (Lipinski definition) is 8. The lowest BCUT2D eigenvalue weighted by atomic mass is 10.1. The van der Waals surface area contributed by atoms with Crippen molar-refractivity contribution in [3.05, 3.63) is 82.0 Å². The second-order valence-electron chi connectivity index (χ2n) is 10.0. The van der Waals surface area contributed by atoms with Gasteiger partial charge in [0.05, 0.1) is 43.2 Å². The summed E-state index contributed by atoms with van der Waals surface area (Å²) in [6.07, 6.45) is -9.08. The summed E-state index contributed by atoms with van der Waals surface area (Å²) >= 11 is 0. The molecule has 0 radical (unpaired) electrons. The Kier molecular flexibility index (Phi) is 9.02. The molecule has 2 atom stereocenters. The second-order valence-corrected chi connectivity index (χ2v) is 11.7. The minimum Gasteiger partial charge on any atom is -0.465 e. The maximum atomic E-state index is 14.2. The van der Waals surface area contributed by atoms with Gasteiger partial charge in [0.2, 0.25) is 0 Å². The Hall–Kier alpha value is -4.12. The average molecular weight is 649 g/mol. The SMILES string of the molecule is COC(=O)c1ccc([C@H](C)NC(=O)c2c(C(F)(F)F)nn3c2N(Cc2cccc(C(F)(F)F)c2)C[C@H]3COS(C)(=O)=O)cc1. The molecule has 238 valence electrons. The van der Waals surface area contributed by atoms with E-state index in [0.717, 1.165) is 29.1 Å². The fraction of sp³-hybridized carbons (Fsp3) is 0.370. The number of aromatic nitrogens is 2. The average Bonchev–Trinajstić information content (AvgIpc) is 3.49. The Morgan fingerprint density at radius 3 is 2.30 bits per heavy atom. The van der Waals surface area contributed by atoms with Gasteiger partial charge in [-0.3, -0.25) is 8.98 Å². The van der Waals surface area contributed by atoms with E-state index >= 15 is 0 Å². The van der Waals surface area contributed by atoms with Crippen molar-refractivity contribution in [2.75, 3.05) is 31.4 Å². The molecule has 4 rings (SSSR count). The van der Waals surface area contributed by atoms with E-state index in [1.807, 2.05) is 0 Å². The van der Waals surface area contributed by atoms with E-state index in [1.165, 1.54) is 49.3 Å². The number of esters is 1. The summed E-state index contributed by atoms with van der Waals surface area (Å²) in [5, 5.41) is 6.09. The Labute approximate surface area is 247 Å². The van der Waals surface area contributed by atoms with Crippen LogP contribution in [-0.4, -0.2) is 56.6 Å². The number of carbonyl (C=O) groups is 2. The molecule has 0 spiro atoms. The molecule has 1 N–H and O–H groups in total. The number of benzene rings is 2. The first-order valence-electron chi connectivity index (χ1n) is 12.8. The van der Waals surface area contributed by atoms with Crippen molar-refractivity contribution in [2.24, 2.45) is 0 Å². The molecule has 1 amide bonds.